The Kier molecular flexibility index (Phi) is 7.51. The summed E-state index contributed by atoms with van der Waals surface area (Å²) >= 11 is 5.03. The van der Waals surface area contributed by atoms with E-state index in [-0.39, 0.29) is 18.5 Å². The zero-order chi connectivity index (χ0) is 18.1. The van der Waals surface area contributed by atoms with Gasteiger partial charge in [-0.2, -0.15) is 0 Å². The third kappa shape index (κ3) is 7.64. The number of hydrogen-bond acceptors (Lipinski definition) is 5. The standard InChI is InChI=1S/C12H25BO7P2S/c1-12(2,3)20-22(17,23)19-11-9(13)7-8(10(11)18-4)5-6-21(14,15)16/h8-11H,5-7H2,1-4H3,(H,17,23)(H2,14,15,16)/t8-,9+,10+,11-,22?/m0/s1. The molecule has 23 heavy (non-hydrogen) atoms. The fourth-order valence-corrected chi connectivity index (χ4v) is 5.69. The molecule has 0 heterocycles. The van der Waals surface area contributed by atoms with Crippen LogP contribution in [0.4, 0.5) is 0 Å². The van der Waals surface area contributed by atoms with Gasteiger partial charge in [0.2, 0.25) is 0 Å². The van der Waals surface area contributed by atoms with E-state index in [9.17, 15) is 9.46 Å². The highest BCUT2D eigenvalue weighted by Gasteiger charge is 2.45. The monoisotopic (exact) mass is 386 g/mol. The first kappa shape index (κ1) is 21.7. The molecule has 1 unspecified atom stereocenters. The van der Waals surface area contributed by atoms with Gasteiger partial charge in [-0.1, -0.05) is 6.42 Å². The highest BCUT2D eigenvalue weighted by Crippen LogP contribution is 2.54. The van der Waals surface area contributed by atoms with Crippen molar-refractivity contribution in [1.82, 2.24) is 0 Å². The number of ether oxygens (including phenoxy) is 1. The van der Waals surface area contributed by atoms with Crippen molar-refractivity contribution in [3.05, 3.63) is 0 Å². The van der Waals surface area contributed by atoms with Gasteiger partial charge in [0, 0.05) is 7.11 Å². The predicted molar refractivity (Wildman–Crippen MR) is 92.2 cm³/mol. The lowest BCUT2D eigenvalue weighted by atomic mass is 9.83. The van der Waals surface area contributed by atoms with Crippen molar-refractivity contribution in [2.75, 3.05) is 13.3 Å². The molecular weight excluding hydrogens is 361 g/mol. The quantitative estimate of drug-likeness (QED) is 0.451. The van der Waals surface area contributed by atoms with Gasteiger partial charge < -0.3 is 28.5 Å². The minimum atomic E-state index is -4.09. The van der Waals surface area contributed by atoms with Crippen LogP contribution >= 0.6 is 14.3 Å². The second kappa shape index (κ2) is 7.94. The van der Waals surface area contributed by atoms with Crippen molar-refractivity contribution < 1.29 is 33.0 Å². The minimum absolute atomic E-state index is 0.183. The maximum absolute atomic E-state index is 11.1. The van der Waals surface area contributed by atoms with Crippen LogP contribution in [0.2, 0.25) is 5.82 Å². The second-order valence-electron chi connectivity index (χ2n) is 6.78. The Hall–Kier alpha value is 0.705. The van der Waals surface area contributed by atoms with Gasteiger partial charge in [-0.15, -0.1) is 0 Å². The zero-order valence-electron chi connectivity index (χ0n) is 13.8. The van der Waals surface area contributed by atoms with Gasteiger partial charge in [0.15, 0.2) is 0 Å². The van der Waals surface area contributed by atoms with Gasteiger partial charge >= 0.3 is 14.3 Å². The summed E-state index contributed by atoms with van der Waals surface area (Å²) in [5.74, 6) is -0.642. The maximum Gasteiger partial charge on any atom is 0.325 e. The van der Waals surface area contributed by atoms with Crippen LogP contribution in [0, 0.1) is 5.92 Å². The van der Waals surface area contributed by atoms with Crippen molar-refractivity contribution in [2.24, 2.45) is 5.92 Å². The summed E-state index contributed by atoms with van der Waals surface area (Å²) in [6.07, 6.45) is -0.712. The van der Waals surface area contributed by atoms with E-state index in [4.69, 9.17) is 43.2 Å². The fraction of sp³-hybridized carbons (Fsp3) is 1.00. The van der Waals surface area contributed by atoms with Gasteiger partial charge in [-0.05, 0) is 50.7 Å². The topological polar surface area (TPSA) is 105 Å². The van der Waals surface area contributed by atoms with Crippen LogP contribution in [0.25, 0.3) is 0 Å². The van der Waals surface area contributed by atoms with Crippen LogP contribution in [-0.2, 0) is 30.2 Å². The Morgan fingerprint density at radius 3 is 2.26 bits per heavy atom. The van der Waals surface area contributed by atoms with Crippen molar-refractivity contribution in [3.63, 3.8) is 0 Å². The van der Waals surface area contributed by atoms with Crippen LogP contribution in [0.1, 0.15) is 33.6 Å². The minimum Gasteiger partial charge on any atom is -0.378 e. The van der Waals surface area contributed by atoms with Crippen molar-refractivity contribution in [1.29, 1.82) is 0 Å². The lowest BCUT2D eigenvalue weighted by Gasteiger charge is -2.31. The molecule has 0 bridgehead atoms. The van der Waals surface area contributed by atoms with E-state index in [1.54, 1.807) is 20.8 Å². The fourth-order valence-electron chi connectivity index (χ4n) is 2.73. The van der Waals surface area contributed by atoms with E-state index in [1.807, 2.05) is 0 Å². The van der Waals surface area contributed by atoms with Crippen LogP contribution in [0.5, 0.6) is 0 Å². The van der Waals surface area contributed by atoms with Crippen molar-refractivity contribution in [3.8, 4) is 0 Å². The molecule has 5 atom stereocenters. The van der Waals surface area contributed by atoms with Gasteiger partial charge in [-0.25, -0.2) is 0 Å². The largest absolute Gasteiger partial charge is 0.378 e. The smallest absolute Gasteiger partial charge is 0.325 e. The Morgan fingerprint density at radius 1 is 1.26 bits per heavy atom. The molecule has 0 aromatic carbocycles. The normalized spacial score (nSPS) is 32.0. The molecule has 134 valence electrons. The third-order valence-corrected chi connectivity index (χ3v) is 6.10. The lowest BCUT2D eigenvalue weighted by Crippen LogP contribution is -2.32. The molecule has 0 aromatic heterocycles. The molecule has 0 aliphatic heterocycles. The molecule has 1 aliphatic carbocycles. The van der Waals surface area contributed by atoms with Gasteiger partial charge in [0.1, 0.15) is 0 Å². The first-order valence-electron chi connectivity index (χ1n) is 7.29. The van der Waals surface area contributed by atoms with Gasteiger partial charge in [0.05, 0.1) is 31.8 Å². The molecule has 1 aliphatic rings. The van der Waals surface area contributed by atoms with E-state index in [0.717, 1.165) is 0 Å². The molecule has 1 saturated carbocycles. The third-order valence-electron chi connectivity index (χ3n) is 3.49. The summed E-state index contributed by atoms with van der Waals surface area (Å²) in [5.41, 5.74) is -0.671. The number of rotatable bonds is 7. The molecule has 0 spiro atoms. The summed E-state index contributed by atoms with van der Waals surface area (Å²) in [5, 5.41) is 0. The van der Waals surface area contributed by atoms with E-state index >= 15 is 0 Å². The molecular formula is C12H25BO7P2S. The summed E-state index contributed by atoms with van der Waals surface area (Å²) in [7, 11) is 3.43. The van der Waals surface area contributed by atoms with Crippen LogP contribution in [0.3, 0.4) is 0 Å². The summed E-state index contributed by atoms with van der Waals surface area (Å²) in [4.78, 5) is 28.3. The predicted octanol–water partition coefficient (Wildman–Crippen LogP) is 1.96. The van der Waals surface area contributed by atoms with Gasteiger partial charge in [0.25, 0.3) is 0 Å². The second-order valence-corrected chi connectivity index (χ2v) is 11.3. The Bertz CT molecular complexity index is 492. The molecule has 1 fully saturated rings. The van der Waals surface area contributed by atoms with E-state index in [1.165, 1.54) is 7.11 Å². The van der Waals surface area contributed by atoms with Crippen LogP contribution in [-0.4, -0.2) is 53.6 Å². The van der Waals surface area contributed by atoms with Gasteiger partial charge in [-0.3, -0.25) is 4.57 Å². The van der Waals surface area contributed by atoms with Crippen molar-refractivity contribution >= 4 is 34.0 Å². The summed E-state index contributed by atoms with van der Waals surface area (Å²) in [6.45, 7) is 1.74. The average molecular weight is 386 g/mol. The Morgan fingerprint density at radius 2 is 1.83 bits per heavy atom. The van der Waals surface area contributed by atoms with E-state index in [2.05, 4.69) is 0 Å². The molecule has 0 saturated heterocycles. The Balaban J connectivity index is 2.78. The van der Waals surface area contributed by atoms with E-state index < -0.39 is 37.9 Å². The first-order valence-corrected chi connectivity index (χ1v) is 11.7. The van der Waals surface area contributed by atoms with Crippen LogP contribution < -0.4 is 0 Å². The summed E-state index contributed by atoms with van der Waals surface area (Å²) in [6, 6.07) is 0. The lowest BCUT2D eigenvalue weighted by molar-refractivity contribution is -0.0174. The Labute approximate surface area is 143 Å². The molecule has 1 rings (SSSR count). The molecule has 3 N–H and O–H groups in total. The zero-order valence-corrected chi connectivity index (χ0v) is 16.4. The SMILES string of the molecule is [B][C@@H]1C[C@H](CCP(=O)(O)O)[C@@H](OC)[C@H]1OP(O)(=S)OC(C)(C)C. The highest BCUT2D eigenvalue weighted by molar-refractivity contribution is 8.07. The summed E-state index contributed by atoms with van der Waals surface area (Å²) < 4.78 is 27.4. The molecule has 0 aromatic rings. The molecule has 11 heteroatoms. The van der Waals surface area contributed by atoms with Crippen LogP contribution in [0.15, 0.2) is 0 Å². The average Bonchev–Trinajstić information content (AvgIpc) is 2.58. The molecule has 0 amide bonds. The van der Waals surface area contributed by atoms with E-state index in [0.29, 0.717) is 6.42 Å². The maximum atomic E-state index is 11.1. The first-order chi connectivity index (χ1) is 10.2. The molecule has 7 nitrogen and oxygen atoms in total. The highest BCUT2D eigenvalue weighted by atomic mass is 32.5. The number of hydrogen-bond donors (Lipinski definition) is 3. The number of methoxy groups -OCH3 is 1. The molecule has 2 radical (unpaired) electrons. The van der Waals surface area contributed by atoms with Crippen molar-refractivity contribution in [2.45, 2.75) is 57.2 Å².